The molecule has 2 N–H and O–H groups in total. The summed E-state index contributed by atoms with van der Waals surface area (Å²) in [4.78, 5) is 40.0. The van der Waals surface area contributed by atoms with Crippen molar-refractivity contribution in [3.63, 3.8) is 0 Å². The number of rotatable bonds is 6. The summed E-state index contributed by atoms with van der Waals surface area (Å²) in [6.07, 6.45) is -0.489. The number of anilines is 1. The number of halogens is 1. The van der Waals surface area contributed by atoms with Crippen molar-refractivity contribution >= 4 is 23.4 Å². The van der Waals surface area contributed by atoms with E-state index in [1.165, 1.54) is 6.07 Å². The molecule has 0 spiro atoms. The molecule has 36 heavy (non-hydrogen) atoms. The molecule has 0 aromatic heterocycles. The van der Waals surface area contributed by atoms with Crippen LogP contribution in [0.4, 0.5) is 10.1 Å². The standard InChI is InChI=1S/C27H31FN4O4/c1-16-12-31(13-17(2)36-16)14-19-6-3-5-18(25(19)28)11-29-22-8-4-7-20-21(22)15-32(27(20)35)23-9-10-24(33)30-26(23)34/h3-8,16-17,23,29H,9-15H2,1-2H3,(H,30,33,34)/i14D2,23D. The summed E-state index contributed by atoms with van der Waals surface area (Å²) >= 11 is 0. The Labute approximate surface area is 214 Å². The van der Waals surface area contributed by atoms with E-state index in [0.29, 0.717) is 29.9 Å². The van der Waals surface area contributed by atoms with E-state index in [1.54, 1.807) is 35.2 Å². The Hall–Kier alpha value is -3.30. The van der Waals surface area contributed by atoms with Gasteiger partial charge in [-0.2, -0.15) is 0 Å². The summed E-state index contributed by atoms with van der Waals surface area (Å²) in [5, 5.41) is 5.31. The number of benzene rings is 2. The molecular formula is C27H31FN4O4. The summed E-state index contributed by atoms with van der Waals surface area (Å²) in [7, 11) is 0. The quantitative estimate of drug-likeness (QED) is 0.597. The molecule has 0 radical (unpaired) electrons. The molecule has 3 aliphatic heterocycles. The van der Waals surface area contributed by atoms with Gasteiger partial charge in [0.05, 0.1) is 13.6 Å². The molecular weight excluding hydrogens is 463 g/mol. The summed E-state index contributed by atoms with van der Waals surface area (Å²) in [6, 6.07) is 7.75. The van der Waals surface area contributed by atoms with Gasteiger partial charge in [0.1, 0.15) is 11.8 Å². The number of imide groups is 1. The largest absolute Gasteiger partial charge is 0.381 e. The third-order valence-corrected chi connectivity index (χ3v) is 6.64. The Balaban J connectivity index is 1.36. The minimum atomic E-state index is -2.04. The lowest BCUT2D eigenvalue weighted by molar-refractivity contribution is -0.136. The molecule has 2 saturated heterocycles. The molecule has 3 unspecified atom stereocenters. The number of nitrogens with zero attached hydrogens (tertiary/aromatic N) is 2. The molecule has 3 aliphatic rings. The molecule has 5 rings (SSSR count). The monoisotopic (exact) mass is 497 g/mol. The van der Waals surface area contributed by atoms with Crippen molar-refractivity contribution in [1.82, 2.24) is 15.1 Å². The number of morpholine rings is 1. The average molecular weight is 498 g/mol. The van der Waals surface area contributed by atoms with E-state index in [4.69, 9.17) is 8.85 Å². The van der Waals surface area contributed by atoms with Gasteiger partial charge in [-0.1, -0.05) is 24.3 Å². The van der Waals surface area contributed by atoms with Crippen LogP contribution in [0.5, 0.6) is 0 Å². The molecule has 3 heterocycles. The highest BCUT2D eigenvalue weighted by Gasteiger charge is 2.39. The van der Waals surface area contributed by atoms with Gasteiger partial charge in [-0.05, 0) is 32.4 Å². The van der Waals surface area contributed by atoms with Crippen LogP contribution >= 0.6 is 0 Å². The fraction of sp³-hybridized carbons (Fsp3) is 0.444. The predicted octanol–water partition coefficient (Wildman–Crippen LogP) is 2.81. The lowest BCUT2D eigenvalue weighted by Crippen LogP contribution is -2.52. The maximum Gasteiger partial charge on any atom is 0.255 e. The van der Waals surface area contributed by atoms with Gasteiger partial charge >= 0.3 is 0 Å². The zero-order chi connectivity index (χ0) is 28.1. The molecule has 0 aliphatic carbocycles. The number of fused-ring (bicyclic) bond motifs is 1. The van der Waals surface area contributed by atoms with Gasteiger partial charge in [-0.25, -0.2) is 4.39 Å². The Morgan fingerprint density at radius 3 is 2.61 bits per heavy atom. The van der Waals surface area contributed by atoms with E-state index < -0.39 is 36.1 Å². The number of hydrogen-bond acceptors (Lipinski definition) is 6. The Kier molecular flexibility index (Phi) is 5.78. The molecule has 3 atom stereocenters. The molecule has 190 valence electrons. The summed E-state index contributed by atoms with van der Waals surface area (Å²) in [5.74, 6) is -2.43. The zero-order valence-corrected chi connectivity index (χ0v) is 20.3. The maximum atomic E-state index is 15.7. The van der Waals surface area contributed by atoms with E-state index in [9.17, 15) is 14.4 Å². The molecule has 2 aromatic carbocycles. The molecule has 0 saturated carbocycles. The Morgan fingerprint density at radius 2 is 1.86 bits per heavy atom. The maximum absolute atomic E-state index is 15.7. The molecule has 9 heteroatoms. The van der Waals surface area contributed by atoms with Crippen molar-refractivity contribution < 1.29 is 27.6 Å². The van der Waals surface area contributed by atoms with E-state index in [1.807, 2.05) is 13.8 Å². The Bertz CT molecular complexity index is 1330. The highest BCUT2D eigenvalue weighted by Crippen LogP contribution is 2.32. The van der Waals surface area contributed by atoms with Crippen molar-refractivity contribution in [1.29, 1.82) is 0 Å². The topological polar surface area (TPSA) is 91.0 Å². The minimum absolute atomic E-state index is 0.0130. The van der Waals surface area contributed by atoms with Gasteiger partial charge in [0.25, 0.3) is 5.91 Å². The summed E-state index contributed by atoms with van der Waals surface area (Å²) in [6.45, 7) is 2.37. The third kappa shape index (κ3) is 4.85. The van der Waals surface area contributed by atoms with Crippen LogP contribution in [0.15, 0.2) is 36.4 Å². The van der Waals surface area contributed by atoms with E-state index in [0.717, 1.165) is 4.90 Å². The SMILES string of the molecule is [2H]C1(N2Cc3c(NCc4cccc(C([2H])([2H])N5CC(C)OC(C)C5)c4F)cccc3C2=O)CCC(=O)NC1=O. The summed E-state index contributed by atoms with van der Waals surface area (Å²) < 4.78 is 47.5. The lowest BCUT2D eigenvalue weighted by atomic mass is 10.0. The van der Waals surface area contributed by atoms with Crippen molar-refractivity contribution in [2.75, 3.05) is 18.4 Å². The van der Waals surface area contributed by atoms with Crippen LogP contribution in [-0.2, 0) is 33.9 Å². The van der Waals surface area contributed by atoms with Crippen LogP contribution in [0.25, 0.3) is 0 Å². The van der Waals surface area contributed by atoms with Gasteiger partial charge in [0.2, 0.25) is 11.8 Å². The van der Waals surface area contributed by atoms with Crippen LogP contribution in [0, 0.1) is 5.82 Å². The number of ether oxygens (including phenoxy) is 1. The van der Waals surface area contributed by atoms with Crippen molar-refractivity contribution in [3.05, 3.63) is 64.5 Å². The van der Waals surface area contributed by atoms with Gasteiger partial charge in [-0.15, -0.1) is 0 Å². The van der Waals surface area contributed by atoms with Crippen molar-refractivity contribution in [2.45, 2.75) is 64.5 Å². The van der Waals surface area contributed by atoms with Gasteiger partial charge in [-0.3, -0.25) is 24.6 Å². The van der Waals surface area contributed by atoms with Gasteiger partial charge < -0.3 is 15.0 Å². The molecule has 0 bridgehead atoms. The van der Waals surface area contributed by atoms with Crippen LogP contribution < -0.4 is 10.6 Å². The first-order chi connectivity index (χ1) is 18.4. The number of hydrogen-bond donors (Lipinski definition) is 2. The van der Waals surface area contributed by atoms with Crippen LogP contribution in [0.2, 0.25) is 0 Å². The van der Waals surface area contributed by atoms with Crippen molar-refractivity contribution in [3.8, 4) is 0 Å². The first kappa shape index (κ1) is 20.8. The molecule has 3 amide bonds. The third-order valence-electron chi connectivity index (χ3n) is 6.64. The average Bonchev–Trinajstić information content (AvgIpc) is 3.23. The second-order valence-electron chi connectivity index (χ2n) is 9.45. The zero-order valence-electron chi connectivity index (χ0n) is 23.3. The fourth-order valence-electron chi connectivity index (χ4n) is 5.01. The van der Waals surface area contributed by atoms with Crippen molar-refractivity contribution in [2.24, 2.45) is 0 Å². The first-order valence-corrected chi connectivity index (χ1v) is 12.1. The van der Waals surface area contributed by atoms with Crippen LogP contribution in [0.1, 0.15) is 57.8 Å². The highest BCUT2D eigenvalue weighted by atomic mass is 19.1. The lowest BCUT2D eigenvalue weighted by Gasteiger charge is -2.35. The van der Waals surface area contributed by atoms with E-state index in [-0.39, 0.29) is 49.3 Å². The normalized spacial score (nSPS) is 28.2. The second kappa shape index (κ2) is 9.99. The number of carbonyl (C=O) groups excluding carboxylic acids is 3. The fourth-order valence-corrected chi connectivity index (χ4v) is 5.01. The van der Waals surface area contributed by atoms with E-state index >= 15 is 4.39 Å². The van der Waals surface area contributed by atoms with Crippen LogP contribution in [0.3, 0.4) is 0 Å². The number of piperidine rings is 1. The van der Waals surface area contributed by atoms with E-state index in [2.05, 4.69) is 10.6 Å². The number of amides is 3. The summed E-state index contributed by atoms with van der Waals surface area (Å²) in [5.41, 5.74) is 1.64. The molecule has 8 nitrogen and oxygen atoms in total. The highest BCUT2D eigenvalue weighted by molar-refractivity contribution is 6.06. The smallest absolute Gasteiger partial charge is 0.255 e. The first-order valence-electron chi connectivity index (χ1n) is 13.6. The molecule has 2 fully saturated rings. The van der Waals surface area contributed by atoms with Gasteiger partial charge in [0, 0.05) is 69.8 Å². The van der Waals surface area contributed by atoms with Gasteiger partial charge in [0.15, 0.2) is 0 Å². The second-order valence-corrected chi connectivity index (χ2v) is 9.45. The number of carbonyl (C=O) groups is 3. The molecule has 2 aromatic rings. The van der Waals surface area contributed by atoms with Crippen LogP contribution in [-0.4, -0.2) is 58.8 Å². The Morgan fingerprint density at radius 1 is 1.14 bits per heavy atom. The predicted molar refractivity (Wildman–Crippen MR) is 131 cm³/mol. The number of nitrogens with one attached hydrogen (secondary N) is 2. The minimum Gasteiger partial charge on any atom is -0.381 e.